The Morgan fingerprint density at radius 2 is 2.00 bits per heavy atom. The van der Waals surface area contributed by atoms with Crippen molar-refractivity contribution in [1.82, 2.24) is 14.9 Å². The maximum Gasteiger partial charge on any atom is 0.262 e. The zero-order valence-corrected chi connectivity index (χ0v) is 15.0. The van der Waals surface area contributed by atoms with Gasteiger partial charge in [0.2, 0.25) is 5.91 Å². The van der Waals surface area contributed by atoms with Crippen LogP contribution in [0.4, 0.5) is 0 Å². The van der Waals surface area contributed by atoms with E-state index in [1.807, 2.05) is 36.6 Å². The number of aromatic nitrogens is 2. The highest BCUT2D eigenvalue weighted by Crippen LogP contribution is 2.20. The molecule has 130 valence electrons. The van der Waals surface area contributed by atoms with Crippen LogP contribution in [0.3, 0.4) is 0 Å². The number of nitrogens with zero attached hydrogens (tertiary/aromatic N) is 2. The van der Waals surface area contributed by atoms with E-state index >= 15 is 0 Å². The molecule has 4 aromatic rings. The highest BCUT2D eigenvalue weighted by Gasteiger charge is 2.13. The molecule has 0 aliphatic heterocycles. The molecule has 5 nitrogen and oxygen atoms in total. The van der Waals surface area contributed by atoms with Crippen molar-refractivity contribution < 1.29 is 4.79 Å². The van der Waals surface area contributed by atoms with Gasteiger partial charge in [0.25, 0.3) is 5.56 Å². The van der Waals surface area contributed by atoms with Crippen LogP contribution in [0.2, 0.25) is 0 Å². The van der Waals surface area contributed by atoms with Gasteiger partial charge in [-0.25, -0.2) is 4.98 Å². The summed E-state index contributed by atoms with van der Waals surface area (Å²) in [5.41, 5.74) is 0.834. The van der Waals surface area contributed by atoms with Gasteiger partial charge in [-0.2, -0.15) is 0 Å². The molecule has 2 aromatic carbocycles. The fraction of sp³-hybridized carbons (Fsp3) is 0.150. The number of fused-ring (bicyclic) bond motifs is 2. The molecule has 0 fully saturated rings. The van der Waals surface area contributed by atoms with E-state index in [9.17, 15) is 9.59 Å². The van der Waals surface area contributed by atoms with Crippen LogP contribution >= 0.6 is 11.3 Å². The first-order chi connectivity index (χ1) is 12.6. The number of thiophene rings is 1. The van der Waals surface area contributed by atoms with Crippen LogP contribution in [0.25, 0.3) is 21.0 Å². The van der Waals surface area contributed by atoms with Crippen molar-refractivity contribution in [2.24, 2.45) is 0 Å². The fourth-order valence-corrected chi connectivity index (χ4v) is 3.73. The predicted octanol–water partition coefficient (Wildman–Crippen LogP) is 3.49. The van der Waals surface area contributed by atoms with E-state index in [1.54, 1.807) is 6.07 Å². The van der Waals surface area contributed by atoms with E-state index < -0.39 is 0 Å². The Morgan fingerprint density at radius 1 is 1.19 bits per heavy atom. The molecule has 2 heterocycles. The number of hydrogen-bond donors (Lipinski definition) is 1. The number of nitrogens with one attached hydrogen (secondary N) is 1. The Bertz CT molecular complexity index is 1160. The molecule has 6 heteroatoms. The van der Waals surface area contributed by atoms with Gasteiger partial charge in [0.1, 0.15) is 11.4 Å². The van der Waals surface area contributed by atoms with Crippen LogP contribution in [0, 0.1) is 0 Å². The Labute approximate surface area is 153 Å². The molecule has 0 radical (unpaired) electrons. The van der Waals surface area contributed by atoms with Gasteiger partial charge < -0.3 is 5.32 Å². The van der Waals surface area contributed by atoms with E-state index in [0.29, 0.717) is 10.2 Å². The lowest BCUT2D eigenvalue weighted by Gasteiger charge is -2.15. The molecular formula is C20H17N3O2S. The third-order valence-electron chi connectivity index (χ3n) is 4.42. The minimum atomic E-state index is -0.218. The molecular weight excluding hydrogens is 346 g/mol. The van der Waals surface area contributed by atoms with Crippen LogP contribution in [0.1, 0.15) is 18.5 Å². The Kier molecular flexibility index (Phi) is 4.26. The maximum atomic E-state index is 12.4. The summed E-state index contributed by atoms with van der Waals surface area (Å²) in [7, 11) is 0. The number of amides is 1. The first-order valence-electron chi connectivity index (χ1n) is 8.32. The lowest BCUT2D eigenvalue weighted by Crippen LogP contribution is -2.33. The Balaban J connectivity index is 1.51. The van der Waals surface area contributed by atoms with Crippen molar-refractivity contribution in [3.8, 4) is 0 Å². The van der Waals surface area contributed by atoms with Crippen LogP contribution < -0.4 is 10.9 Å². The van der Waals surface area contributed by atoms with Gasteiger partial charge in [-0.1, -0.05) is 36.4 Å². The van der Waals surface area contributed by atoms with Crippen LogP contribution in [-0.4, -0.2) is 15.5 Å². The van der Waals surface area contributed by atoms with E-state index in [1.165, 1.54) is 22.2 Å². The largest absolute Gasteiger partial charge is 0.348 e. The highest BCUT2D eigenvalue weighted by atomic mass is 32.1. The van der Waals surface area contributed by atoms with Crippen molar-refractivity contribution in [1.29, 1.82) is 0 Å². The average Bonchev–Trinajstić information content (AvgIpc) is 3.13. The molecule has 0 aliphatic carbocycles. The topological polar surface area (TPSA) is 64.0 Å². The standard InChI is InChI=1S/C20H17N3O2S/c1-13(15-7-6-14-4-2-3-5-16(14)10-15)22-18(24)11-23-12-21-19-17(20(23)25)8-9-26-19/h2-10,12-13H,11H2,1H3,(H,22,24). The third kappa shape index (κ3) is 3.11. The number of carbonyl (C=O) groups is 1. The van der Waals surface area contributed by atoms with E-state index in [-0.39, 0.29) is 24.1 Å². The van der Waals surface area contributed by atoms with Crippen molar-refractivity contribution in [2.45, 2.75) is 19.5 Å². The van der Waals surface area contributed by atoms with Crippen LogP contribution in [0.5, 0.6) is 0 Å². The lowest BCUT2D eigenvalue weighted by atomic mass is 10.0. The molecule has 4 rings (SSSR count). The minimum Gasteiger partial charge on any atom is -0.348 e. The van der Waals surface area contributed by atoms with Crippen molar-refractivity contribution in [3.63, 3.8) is 0 Å². The number of carbonyl (C=O) groups excluding carboxylic acids is 1. The van der Waals surface area contributed by atoms with E-state index in [2.05, 4.69) is 28.5 Å². The SMILES string of the molecule is CC(NC(=O)Cn1cnc2sccc2c1=O)c1ccc2ccccc2c1. The number of benzene rings is 2. The van der Waals surface area contributed by atoms with Gasteiger partial charge in [0.15, 0.2) is 0 Å². The van der Waals surface area contributed by atoms with Crippen LogP contribution in [-0.2, 0) is 11.3 Å². The first kappa shape index (κ1) is 16.5. The van der Waals surface area contributed by atoms with Crippen molar-refractivity contribution in [2.75, 3.05) is 0 Å². The van der Waals surface area contributed by atoms with Crippen LogP contribution in [0.15, 0.2) is 65.0 Å². The second-order valence-corrected chi connectivity index (χ2v) is 7.11. The van der Waals surface area contributed by atoms with E-state index in [4.69, 9.17) is 0 Å². The monoisotopic (exact) mass is 363 g/mol. The van der Waals surface area contributed by atoms with Crippen molar-refractivity contribution >= 4 is 38.2 Å². The Morgan fingerprint density at radius 3 is 2.85 bits per heavy atom. The summed E-state index contributed by atoms with van der Waals surface area (Å²) in [5, 5.41) is 7.63. The summed E-state index contributed by atoms with van der Waals surface area (Å²) in [4.78, 5) is 29.7. The molecule has 1 amide bonds. The first-order valence-corrected chi connectivity index (χ1v) is 9.20. The maximum absolute atomic E-state index is 12.4. The summed E-state index contributed by atoms with van der Waals surface area (Å²) >= 11 is 1.41. The normalized spacial score (nSPS) is 12.3. The quantitative estimate of drug-likeness (QED) is 0.604. The molecule has 0 saturated heterocycles. The smallest absolute Gasteiger partial charge is 0.262 e. The molecule has 0 aliphatic rings. The zero-order valence-electron chi connectivity index (χ0n) is 14.2. The second-order valence-electron chi connectivity index (χ2n) is 6.21. The summed E-state index contributed by atoms with van der Waals surface area (Å²) in [6.07, 6.45) is 1.43. The Hall–Kier alpha value is -2.99. The summed E-state index contributed by atoms with van der Waals surface area (Å²) in [5.74, 6) is -0.218. The summed E-state index contributed by atoms with van der Waals surface area (Å²) in [6, 6.07) is 15.8. The highest BCUT2D eigenvalue weighted by molar-refractivity contribution is 7.16. The number of rotatable bonds is 4. The molecule has 1 atom stereocenters. The average molecular weight is 363 g/mol. The summed E-state index contributed by atoms with van der Waals surface area (Å²) in [6.45, 7) is 1.89. The van der Waals surface area contributed by atoms with Gasteiger partial charge in [-0.05, 0) is 40.8 Å². The van der Waals surface area contributed by atoms with Gasteiger partial charge in [0, 0.05) is 0 Å². The molecule has 0 bridgehead atoms. The number of hydrogen-bond acceptors (Lipinski definition) is 4. The predicted molar refractivity (Wildman–Crippen MR) is 104 cm³/mol. The lowest BCUT2D eigenvalue weighted by molar-refractivity contribution is -0.122. The molecule has 0 spiro atoms. The van der Waals surface area contributed by atoms with E-state index in [0.717, 1.165) is 16.3 Å². The molecule has 1 unspecified atom stereocenters. The van der Waals surface area contributed by atoms with Gasteiger partial charge in [-0.15, -0.1) is 11.3 Å². The third-order valence-corrected chi connectivity index (χ3v) is 5.24. The van der Waals surface area contributed by atoms with Gasteiger partial charge >= 0.3 is 0 Å². The minimum absolute atomic E-state index is 0.0461. The summed E-state index contributed by atoms with van der Waals surface area (Å²) < 4.78 is 1.34. The van der Waals surface area contributed by atoms with Gasteiger partial charge in [0.05, 0.1) is 17.8 Å². The zero-order chi connectivity index (χ0) is 18.1. The molecule has 1 N–H and O–H groups in total. The van der Waals surface area contributed by atoms with Crippen molar-refractivity contribution in [3.05, 3.63) is 76.2 Å². The molecule has 2 aromatic heterocycles. The molecule has 26 heavy (non-hydrogen) atoms. The van der Waals surface area contributed by atoms with Gasteiger partial charge in [-0.3, -0.25) is 14.2 Å². The fourth-order valence-electron chi connectivity index (χ4n) is 3.01. The second kappa shape index (κ2) is 6.72. The molecule has 0 saturated carbocycles.